The van der Waals surface area contributed by atoms with Crippen LogP contribution in [0.15, 0.2) is 6.20 Å². The maximum Gasteiger partial charge on any atom is 0.125 e. The molecule has 0 radical (unpaired) electrons. The molecule has 0 spiro atoms. The average molecular weight is 194 g/mol. The molecule has 1 aliphatic rings. The number of nitrogens with two attached hydrogens (primary N) is 1. The third kappa shape index (κ3) is 1.55. The number of hydrogen-bond donors (Lipinski definition) is 2. The number of aromatic nitrogens is 2. The van der Waals surface area contributed by atoms with Crippen LogP contribution in [0.5, 0.6) is 0 Å². The van der Waals surface area contributed by atoms with E-state index in [4.69, 9.17) is 5.73 Å². The topological polar surface area (TPSA) is 57.9 Å². The number of imidazole rings is 1. The largest absolute Gasteiger partial charge is 0.345 e. The predicted octanol–water partition coefficient (Wildman–Crippen LogP) is 0.812. The van der Waals surface area contributed by atoms with E-state index in [1.54, 1.807) is 0 Å². The molecule has 4 nitrogen and oxygen atoms in total. The maximum atomic E-state index is 6.08. The molecular weight excluding hydrogens is 176 g/mol. The van der Waals surface area contributed by atoms with Crippen LogP contribution in [0.2, 0.25) is 0 Å². The number of likely N-dealkylation sites (tertiary alicyclic amines) is 1. The quantitative estimate of drug-likeness (QED) is 0.732. The van der Waals surface area contributed by atoms with E-state index in [9.17, 15) is 0 Å². The lowest BCUT2D eigenvalue weighted by atomic mass is 10.1. The second-order valence-corrected chi connectivity index (χ2v) is 3.98. The number of hydrogen-bond acceptors (Lipinski definition) is 3. The number of likely N-dealkylation sites (N-methyl/N-ethyl adjacent to an activating group) is 1. The first-order valence-electron chi connectivity index (χ1n) is 5.23. The molecule has 1 aromatic rings. The number of nitrogens with one attached hydrogen (secondary N) is 1. The van der Waals surface area contributed by atoms with Gasteiger partial charge in [0.15, 0.2) is 0 Å². The van der Waals surface area contributed by atoms with Crippen LogP contribution in [0.25, 0.3) is 0 Å². The molecule has 78 valence electrons. The van der Waals surface area contributed by atoms with Gasteiger partial charge in [0.1, 0.15) is 5.82 Å². The van der Waals surface area contributed by atoms with Gasteiger partial charge in [-0.2, -0.15) is 0 Å². The summed E-state index contributed by atoms with van der Waals surface area (Å²) in [5, 5.41) is 0. The zero-order valence-corrected chi connectivity index (χ0v) is 8.83. The first-order valence-corrected chi connectivity index (χ1v) is 5.23. The lowest BCUT2D eigenvalue weighted by Crippen LogP contribution is -2.32. The van der Waals surface area contributed by atoms with E-state index in [0.29, 0.717) is 0 Å². The van der Waals surface area contributed by atoms with E-state index in [1.807, 2.05) is 13.1 Å². The van der Waals surface area contributed by atoms with Crippen molar-refractivity contribution >= 4 is 0 Å². The fraction of sp³-hybridized carbons (Fsp3) is 0.700. The SMILES string of the molecule is CCN1CCC(N)C1c1ncc(C)[nH]1. The lowest BCUT2D eigenvalue weighted by Gasteiger charge is -2.23. The third-order valence-corrected chi connectivity index (χ3v) is 2.96. The summed E-state index contributed by atoms with van der Waals surface area (Å²) in [4.78, 5) is 10.0. The second kappa shape index (κ2) is 3.71. The molecular formula is C10H18N4. The summed E-state index contributed by atoms with van der Waals surface area (Å²) in [7, 11) is 0. The van der Waals surface area contributed by atoms with Crippen LogP contribution in [0.3, 0.4) is 0 Å². The van der Waals surface area contributed by atoms with Crippen LogP contribution in [-0.4, -0.2) is 34.0 Å². The monoisotopic (exact) mass is 194 g/mol. The Morgan fingerprint density at radius 1 is 1.71 bits per heavy atom. The zero-order valence-electron chi connectivity index (χ0n) is 8.83. The Morgan fingerprint density at radius 3 is 3.07 bits per heavy atom. The molecule has 1 aromatic heterocycles. The molecule has 0 saturated carbocycles. The molecule has 1 aliphatic heterocycles. The van der Waals surface area contributed by atoms with Crippen molar-refractivity contribution in [2.24, 2.45) is 5.73 Å². The maximum absolute atomic E-state index is 6.08. The van der Waals surface area contributed by atoms with Crippen molar-refractivity contribution in [3.05, 3.63) is 17.7 Å². The predicted molar refractivity (Wildman–Crippen MR) is 55.9 cm³/mol. The van der Waals surface area contributed by atoms with Gasteiger partial charge in [0, 0.05) is 24.5 Å². The highest BCUT2D eigenvalue weighted by Gasteiger charge is 2.33. The van der Waals surface area contributed by atoms with Gasteiger partial charge in [0.25, 0.3) is 0 Å². The molecule has 0 aromatic carbocycles. The van der Waals surface area contributed by atoms with Crippen molar-refractivity contribution in [2.75, 3.05) is 13.1 Å². The van der Waals surface area contributed by atoms with Gasteiger partial charge in [-0.3, -0.25) is 4.90 Å². The van der Waals surface area contributed by atoms with Crippen molar-refractivity contribution in [1.29, 1.82) is 0 Å². The van der Waals surface area contributed by atoms with Gasteiger partial charge in [-0.05, 0) is 19.9 Å². The van der Waals surface area contributed by atoms with E-state index in [2.05, 4.69) is 21.8 Å². The number of rotatable bonds is 2. The summed E-state index contributed by atoms with van der Waals surface area (Å²) in [5.74, 6) is 1.02. The Balaban J connectivity index is 2.22. The van der Waals surface area contributed by atoms with Crippen molar-refractivity contribution in [2.45, 2.75) is 32.4 Å². The molecule has 2 heterocycles. The van der Waals surface area contributed by atoms with Crippen LogP contribution in [0.4, 0.5) is 0 Å². The zero-order chi connectivity index (χ0) is 10.1. The molecule has 0 bridgehead atoms. The molecule has 3 N–H and O–H groups in total. The highest BCUT2D eigenvalue weighted by molar-refractivity contribution is 5.08. The third-order valence-electron chi connectivity index (χ3n) is 2.96. The average Bonchev–Trinajstić information content (AvgIpc) is 2.71. The van der Waals surface area contributed by atoms with Crippen LogP contribution >= 0.6 is 0 Å². The van der Waals surface area contributed by atoms with E-state index in [-0.39, 0.29) is 12.1 Å². The molecule has 4 heteroatoms. The normalized spacial score (nSPS) is 28.5. The summed E-state index contributed by atoms with van der Waals surface area (Å²) in [6, 6.07) is 0.509. The smallest absolute Gasteiger partial charge is 0.125 e. The Kier molecular flexibility index (Phi) is 2.56. The fourth-order valence-electron chi connectivity index (χ4n) is 2.20. The Labute approximate surface area is 84.5 Å². The molecule has 2 unspecified atom stereocenters. The molecule has 0 amide bonds. The van der Waals surface area contributed by atoms with E-state index < -0.39 is 0 Å². The molecule has 2 rings (SSSR count). The fourth-order valence-corrected chi connectivity index (χ4v) is 2.20. The molecule has 1 fully saturated rings. The highest BCUT2D eigenvalue weighted by atomic mass is 15.2. The van der Waals surface area contributed by atoms with Crippen molar-refractivity contribution in [1.82, 2.24) is 14.9 Å². The first-order chi connectivity index (χ1) is 6.72. The molecule has 14 heavy (non-hydrogen) atoms. The molecule has 1 saturated heterocycles. The minimum absolute atomic E-state index is 0.223. The van der Waals surface area contributed by atoms with Crippen LogP contribution < -0.4 is 5.73 Å². The van der Waals surface area contributed by atoms with Crippen LogP contribution in [-0.2, 0) is 0 Å². The van der Waals surface area contributed by atoms with E-state index >= 15 is 0 Å². The highest BCUT2D eigenvalue weighted by Crippen LogP contribution is 2.28. The summed E-state index contributed by atoms with van der Waals surface area (Å²) < 4.78 is 0. The van der Waals surface area contributed by atoms with Gasteiger partial charge in [-0.1, -0.05) is 6.92 Å². The number of H-pyrrole nitrogens is 1. The van der Waals surface area contributed by atoms with Gasteiger partial charge in [0.05, 0.1) is 6.04 Å². The summed E-state index contributed by atoms with van der Waals surface area (Å²) in [6.45, 7) is 6.31. The number of aryl methyl sites for hydroxylation is 1. The Morgan fingerprint density at radius 2 is 2.50 bits per heavy atom. The number of aromatic amines is 1. The second-order valence-electron chi connectivity index (χ2n) is 3.98. The van der Waals surface area contributed by atoms with Gasteiger partial charge < -0.3 is 10.7 Å². The summed E-state index contributed by atoms with van der Waals surface area (Å²) in [6.07, 6.45) is 2.94. The van der Waals surface area contributed by atoms with Gasteiger partial charge >= 0.3 is 0 Å². The van der Waals surface area contributed by atoms with Crippen LogP contribution in [0, 0.1) is 6.92 Å². The number of nitrogens with zero attached hydrogens (tertiary/aromatic N) is 2. The van der Waals surface area contributed by atoms with Crippen LogP contribution in [0.1, 0.15) is 30.9 Å². The van der Waals surface area contributed by atoms with Gasteiger partial charge in [0.2, 0.25) is 0 Å². The van der Waals surface area contributed by atoms with E-state index in [0.717, 1.165) is 31.0 Å². The van der Waals surface area contributed by atoms with E-state index in [1.165, 1.54) is 0 Å². The van der Waals surface area contributed by atoms with Crippen molar-refractivity contribution < 1.29 is 0 Å². The van der Waals surface area contributed by atoms with Crippen molar-refractivity contribution in [3.8, 4) is 0 Å². The lowest BCUT2D eigenvalue weighted by molar-refractivity contribution is 0.252. The summed E-state index contributed by atoms with van der Waals surface area (Å²) in [5.41, 5.74) is 7.19. The Bertz CT molecular complexity index is 307. The van der Waals surface area contributed by atoms with Gasteiger partial charge in [-0.25, -0.2) is 4.98 Å². The Hall–Kier alpha value is -0.870. The minimum atomic E-state index is 0.223. The molecule has 0 aliphatic carbocycles. The van der Waals surface area contributed by atoms with Crippen molar-refractivity contribution in [3.63, 3.8) is 0 Å². The minimum Gasteiger partial charge on any atom is -0.345 e. The first kappa shape index (κ1) is 9.68. The summed E-state index contributed by atoms with van der Waals surface area (Å²) >= 11 is 0. The molecule has 2 atom stereocenters. The van der Waals surface area contributed by atoms with Gasteiger partial charge in [-0.15, -0.1) is 0 Å². The standard InChI is InChI=1S/C10H18N4/c1-3-14-5-4-8(11)9(14)10-12-6-7(2)13-10/h6,8-9H,3-5,11H2,1-2H3,(H,12,13).